The molecular weight excluding hydrogens is 240 g/mol. The fraction of sp³-hybridized carbons (Fsp3) is 0.133. The van der Waals surface area contributed by atoms with E-state index in [4.69, 9.17) is 4.74 Å². The largest absolute Gasteiger partial charge is 0.335 e. The fourth-order valence-electron chi connectivity index (χ4n) is 2.22. The zero-order valence-corrected chi connectivity index (χ0v) is 10.4. The Morgan fingerprint density at radius 1 is 1.00 bits per heavy atom. The van der Waals surface area contributed by atoms with Crippen molar-refractivity contribution in [3.8, 4) is 0 Å². The third-order valence-electron chi connectivity index (χ3n) is 3.15. The van der Waals surface area contributed by atoms with Crippen LogP contribution in [0.1, 0.15) is 15.9 Å². The van der Waals surface area contributed by atoms with E-state index in [1.54, 1.807) is 19.2 Å². The van der Waals surface area contributed by atoms with Crippen molar-refractivity contribution in [1.29, 1.82) is 0 Å². The van der Waals surface area contributed by atoms with Crippen LogP contribution in [0.15, 0.2) is 58.5 Å². The second kappa shape index (κ2) is 4.40. The minimum atomic E-state index is -1.15. The molecule has 0 saturated carbocycles. The standard InChI is InChI=1S/C15H12N2O2/c1-19-15(12-7-3-2-6-11(12)10-18)16-13-8-4-5-9-14(13)17-15/h2-10H,1H3. The number of ether oxygens (including phenoxy) is 1. The van der Waals surface area contributed by atoms with Gasteiger partial charge in [0.05, 0.1) is 10.7 Å². The van der Waals surface area contributed by atoms with Crippen LogP contribution in [0.3, 0.4) is 0 Å². The number of methoxy groups -OCH3 is 1. The summed E-state index contributed by atoms with van der Waals surface area (Å²) in [5.74, 6) is -1.15. The number of nitrogens with zero attached hydrogens (tertiary/aromatic N) is 2. The van der Waals surface area contributed by atoms with Crippen molar-refractivity contribution >= 4 is 6.29 Å². The highest BCUT2D eigenvalue weighted by Gasteiger charge is 2.35. The Kier molecular flexibility index (Phi) is 2.72. The maximum atomic E-state index is 11.2. The lowest BCUT2D eigenvalue weighted by Crippen LogP contribution is -2.24. The van der Waals surface area contributed by atoms with Crippen LogP contribution in [0.2, 0.25) is 0 Å². The molecule has 2 aromatic rings. The van der Waals surface area contributed by atoms with Crippen molar-refractivity contribution in [3.05, 3.63) is 70.4 Å². The maximum absolute atomic E-state index is 11.2. The van der Waals surface area contributed by atoms with Gasteiger partial charge in [0.25, 0.3) is 5.85 Å². The Hall–Kier alpha value is -2.33. The Balaban J connectivity index is 2.28. The summed E-state index contributed by atoms with van der Waals surface area (Å²) in [4.78, 5) is 20.2. The summed E-state index contributed by atoms with van der Waals surface area (Å²) in [6.45, 7) is 0. The number of aldehydes is 1. The van der Waals surface area contributed by atoms with E-state index in [1.807, 2.05) is 36.4 Å². The molecule has 94 valence electrons. The van der Waals surface area contributed by atoms with Crippen LogP contribution in [0.4, 0.5) is 0 Å². The molecule has 0 N–H and O–H groups in total. The van der Waals surface area contributed by atoms with Crippen LogP contribution < -0.4 is 10.7 Å². The van der Waals surface area contributed by atoms with Gasteiger partial charge in [-0.1, -0.05) is 36.4 Å². The van der Waals surface area contributed by atoms with Gasteiger partial charge in [-0.2, -0.15) is 0 Å². The summed E-state index contributed by atoms with van der Waals surface area (Å²) in [7, 11) is 1.54. The lowest BCUT2D eigenvalue weighted by Gasteiger charge is -2.22. The van der Waals surface area contributed by atoms with Crippen molar-refractivity contribution in [2.45, 2.75) is 5.85 Å². The number of carbonyl (C=O) groups is 1. The Labute approximate surface area is 110 Å². The highest BCUT2D eigenvalue weighted by Crippen LogP contribution is 2.30. The second-order valence-electron chi connectivity index (χ2n) is 4.23. The third kappa shape index (κ3) is 1.77. The molecule has 4 heteroatoms. The molecule has 1 aliphatic heterocycles. The summed E-state index contributed by atoms with van der Waals surface area (Å²) in [5, 5.41) is 1.54. The fourth-order valence-corrected chi connectivity index (χ4v) is 2.22. The Morgan fingerprint density at radius 3 is 2.16 bits per heavy atom. The highest BCUT2D eigenvalue weighted by atomic mass is 16.5. The molecule has 0 saturated heterocycles. The van der Waals surface area contributed by atoms with Crippen LogP contribution in [0.5, 0.6) is 0 Å². The normalized spacial score (nSPS) is 15.2. The predicted octanol–water partition coefficient (Wildman–Crippen LogP) is 1.21. The molecule has 4 nitrogen and oxygen atoms in total. The van der Waals surface area contributed by atoms with Gasteiger partial charge in [0.1, 0.15) is 0 Å². The molecule has 3 rings (SSSR count). The zero-order valence-electron chi connectivity index (χ0n) is 10.4. The summed E-state index contributed by atoms with van der Waals surface area (Å²) in [6.07, 6.45) is 0.796. The molecule has 0 unspecified atom stereocenters. The molecule has 0 aliphatic carbocycles. The number of benzene rings is 2. The van der Waals surface area contributed by atoms with Crippen LogP contribution in [0.25, 0.3) is 0 Å². The quantitative estimate of drug-likeness (QED) is 0.771. The Morgan fingerprint density at radius 2 is 1.58 bits per heavy atom. The number of para-hydroxylation sites is 2. The summed E-state index contributed by atoms with van der Waals surface area (Å²) in [5.41, 5.74) is 1.19. The average Bonchev–Trinajstić information content (AvgIpc) is 2.87. The van der Waals surface area contributed by atoms with Gasteiger partial charge in [-0.15, -0.1) is 0 Å². The van der Waals surface area contributed by atoms with Crippen LogP contribution >= 0.6 is 0 Å². The predicted molar refractivity (Wildman–Crippen MR) is 69.3 cm³/mol. The van der Waals surface area contributed by atoms with E-state index in [9.17, 15) is 4.79 Å². The minimum Gasteiger partial charge on any atom is -0.335 e. The molecule has 0 fully saturated rings. The first kappa shape index (κ1) is 11.7. The molecule has 0 bridgehead atoms. The molecular formula is C15H12N2O2. The van der Waals surface area contributed by atoms with E-state index >= 15 is 0 Å². The lowest BCUT2D eigenvalue weighted by molar-refractivity contribution is -0.000960. The summed E-state index contributed by atoms with van der Waals surface area (Å²) < 4.78 is 5.52. The SMILES string of the molecule is COC1(c2ccccc2C=O)N=c2ccccc2=N1. The van der Waals surface area contributed by atoms with Crippen LogP contribution in [-0.2, 0) is 10.6 Å². The number of hydrogen-bond donors (Lipinski definition) is 0. The number of rotatable bonds is 3. The highest BCUT2D eigenvalue weighted by molar-refractivity contribution is 5.77. The topological polar surface area (TPSA) is 51.0 Å². The van der Waals surface area contributed by atoms with Crippen molar-refractivity contribution in [2.75, 3.05) is 7.11 Å². The van der Waals surface area contributed by atoms with Crippen LogP contribution in [-0.4, -0.2) is 13.4 Å². The average molecular weight is 252 g/mol. The first-order chi connectivity index (χ1) is 9.29. The smallest absolute Gasteiger partial charge is 0.286 e. The van der Waals surface area contributed by atoms with Gasteiger partial charge in [-0.25, -0.2) is 9.98 Å². The van der Waals surface area contributed by atoms with Gasteiger partial charge in [0.2, 0.25) is 0 Å². The van der Waals surface area contributed by atoms with Crippen molar-refractivity contribution in [2.24, 2.45) is 9.98 Å². The van der Waals surface area contributed by atoms with E-state index in [-0.39, 0.29) is 0 Å². The first-order valence-electron chi connectivity index (χ1n) is 5.94. The molecule has 0 radical (unpaired) electrons. The molecule has 2 aromatic carbocycles. The minimum absolute atomic E-state index is 0.532. The van der Waals surface area contributed by atoms with Crippen molar-refractivity contribution in [1.82, 2.24) is 0 Å². The van der Waals surface area contributed by atoms with Gasteiger partial charge in [0.15, 0.2) is 6.29 Å². The van der Waals surface area contributed by atoms with Crippen LogP contribution in [0, 0.1) is 0 Å². The van der Waals surface area contributed by atoms with Crippen molar-refractivity contribution in [3.63, 3.8) is 0 Å². The van der Waals surface area contributed by atoms with E-state index in [2.05, 4.69) is 9.98 Å². The number of hydrogen-bond acceptors (Lipinski definition) is 4. The molecule has 1 aliphatic rings. The third-order valence-corrected chi connectivity index (χ3v) is 3.15. The summed E-state index contributed by atoms with van der Waals surface area (Å²) >= 11 is 0. The number of fused-ring (bicyclic) bond motifs is 1. The first-order valence-corrected chi connectivity index (χ1v) is 5.94. The molecule has 0 aromatic heterocycles. The molecule has 0 spiro atoms. The lowest BCUT2D eigenvalue weighted by atomic mass is 10.0. The van der Waals surface area contributed by atoms with E-state index in [1.165, 1.54) is 0 Å². The summed E-state index contributed by atoms with van der Waals surface area (Å²) in [6, 6.07) is 14.7. The van der Waals surface area contributed by atoms with Crippen molar-refractivity contribution < 1.29 is 9.53 Å². The van der Waals surface area contributed by atoms with Gasteiger partial charge in [0, 0.05) is 18.2 Å². The van der Waals surface area contributed by atoms with Gasteiger partial charge < -0.3 is 4.74 Å². The molecule has 0 amide bonds. The number of carbonyl (C=O) groups excluding carboxylic acids is 1. The molecule has 0 atom stereocenters. The maximum Gasteiger partial charge on any atom is 0.286 e. The molecule has 19 heavy (non-hydrogen) atoms. The van der Waals surface area contributed by atoms with Gasteiger partial charge in [-0.05, 0) is 12.1 Å². The second-order valence-corrected chi connectivity index (χ2v) is 4.23. The van der Waals surface area contributed by atoms with Gasteiger partial charge >= 0.3 is 0 Å². The van der Waals surface area contributed by atoms with E-state index in [0.29, 0.717) is 11.1 Å². The monoisotopic (exact) mass is 252 g/mol. The Bertz CT molecular complexity index is 718. The van der Waals surface area contributed by atoms with E-state index < -0.39 is 5.85 Å². The molecule has 1 heterocycles. The van der Waals surface area contributed by atoms with E-state index in [0.717, 1.165) is 17.0 Å². The zero-order chi connectivity index (χ0) is 13.3. The van der Waals surface area contributed by atoms with Gasteiger partial charge in [-0.3, -0.25) is 4.79 Å².